The third-order valence-electron chi connectivity index (χ3n) is 3.24. The largest absolute Gasteiger partial charge is 0.497 e. The van der Waals surface area contributed by atoms with Gasteiger partial charge in [-0.25, -0.2) is 9.37 Å². The van der Waals surface area contributed by atoms with Crippen molar-refractivity contribution in [1.29, 1.82) is 0 Å². The van der Waals surface area contributed by atoms with Crippen molar-refractivity contribution in [1.82, 2.24) is 4.98 Å². The number of methoxy groups -OCH3 is 1. The molecule has 1 aromatic heterocycles. The molecule has 0 aliphatic carbocycles. The van der Waals surface area contributed by atoms with E-state index in [-0.39, 0.29) is 5.15 Å². The highest BCUT2D eigenvalue weighted by Crippen LogP contribution is 2.33. The predicted molar refractivity (Wildman–Crippen MR) is 84.0 cm³/mol. The number of fused-ring (bicyclic) bond motifs is 1. The highest BCUT2D eigenvalue weighted by molar-refractivity contribution is 6.30. The smallest absolute Gasteiger partial charge is 0.140 e. The van der Waals surface area contributed by atoms with Gasteiger partial charge in [0.15, 0.2) is 0 Å². The van der Waals surface area contributed by atoms with Crippen LogP contribution >= 0.6 is 11.6 Å². The van der Waals surface area contributed by atoms with Crippen LogP contribution in [0.2, 0.25) is 5.15 Å². The van der Waals surface area contributed by atoms with E-state index >= 15 is 0 Å². The van der Waals surface area contributed by atoms with E-state index in [2.05, 4.69) is 4.98 Å². The van der Waals surface area contributed by atoms with Gasteiger partial charge in [-0.15, -0.1) is 0 Å². The second-order valence-corrected chi connectivity index (χ2v) is 5.11. The number of rotatable bonds is 4. The Hall–Kier alpha value is -2.33. The summed E-state index contributed by atoms with van der Waals surface area (Å²) in [6.45, 7) is 0.321. The van der Waals surface area contributed by atoms with Crippen molar-refractivity contribution in [2.24, 2.45) is 0 Å². The minimum atomic E-state index is -0.457. The molecular weight excluding hydrogens is 305 g/mol. The van der Waals surface area contributed by atoms with Crippen LogP contribution in [-0.4, -0.2) is 12.1 Å². The fourth-order valence-electron chi connectivity index (χ4n) is 2.19. The molecule has 5 heteroatoms. The molecule has 0 atom stereocenters. The van der Waals surface area contributed by atoms with Crippen molar-refractivity contribution in [2.45, 2.75) is 6.61 Å². The lowest BCUT2D eigenvalue weighted by atomic mass is 10.2. The number of hydrogen-bond donors (Lipinski definition) is 0. The molecule has 0 unspecified atom stereocenters. The summed E-state index contributed by atoms with van der Waals surface area (Å²) in [5, 5.41) is 0.532. The first-order valence-electron chi connectivity index (χ1n) is 6.68. The zero-order valence-corrected chi connectivity index (χ0v) is 12.6. The number of nitrogens with zero attached hydrogens (tertiary/aromatic N) is 1. The van der Waals surface area contributed by atoms with Crippen LogP contribution in [0.3, 0.4) is 0 Å². The summed E-state index contributed by atoms with van der Waals surface area (Å²) < 4.78 is 25.1. The van der Waals surface area contributed by atoms with Crippen molar-refractivity contribution in [2.75, 3.05) is 7.11 Å². The Labute approximate surface area is 132 Å². The third-order valence-corrected chi connectivity index (χ3v) is 3.43. The average Bonchev–Trinajstić information content (AvgIpc) is 2.52. The van der Waals surface area contributed by atoms with Crippen LogP contribution in [0.1, 0.15) is 5.56 Å². The maximum atomic E-state index is 14.3. The molecule has 0 radical (unpaired) electrons. The zero-order chi connectivity index (χ0) is 15.5. The quantitative estimate of drug-likeness (QED) is 0.658. The van der Waals surface area contributed by atoms with Crippen LogP contribution in [-0.2, 0) is 6.61 Å². The van der Waals surface area contributed by atoms with Gasteiger partial charge in [0.05, 0.1) is 18.0 Å². The van der Waals surface area contributed by atoms with Crippen LogP contribution in [0.15, 0.2) is 48.5 Å². The molecule has 0 spiro atoms. The van der Waals surface area contributed by atoms with E-state index in [1.165, 1.54) is 19.2 Å². The number of ether oxygens (including phenoxy) is 2. The maximum absolute atomic E-state index is 14.3. The predicted octanol–water partition coefficient (Wildman–Crippen LogP) is 4.61. The van der Waals surface area contributed by atoms with Gasteiger partial charge >= 0.3 is 0 Å². The molecule has 0 aliphatic heterocycles. The Kier molecular flexibility index (Phi) is 4.11. The standard InChI is InChI=1S/C17H13ClFNO2/c1-21-12-7-13(19)17-14(8-12)20-16(18)9-15(17)22-10-11-5-3-2-4-6-11/h2-9H,10H2,1H3. The molecule has 3 aromatic rings. The fourth-order valence-corrected chi connectivity index (χ4v) is 2.38. The van der Waals surface area contributed by atoms with Gasteiger partial charge in [-0.1, -0.05) is 41.9 Å². The molecule has 0 amide bonds. The first kappa shape index (κ1) is 14.6. The molecule has 0 saturated heterocycles. The Morgan fingerprint density at radius 1 is 1.14 bits per heavy atom. The average molecular weight is 318 g/mol. The lowest BCUT2D eigenvalue weighted by Crippen LogP contribution is -1.98. The highest BCUT2D eigenvalue weighted by atomic mass is 35.5. The van der Waals surface area contributed by atoms with Gasteiger partial charge in [0, 0.05) is 18.2 Å². The van der Waals surface area contributed by atoms with E-state index in [9.17, 15) is 4.39 Å². The molecule has 112 valence electrons. The van der Waals surface area contributed by atoms with Gasteiger partial charge < -0.3 is 9.47 Å². The van der Waals surface area contributed by atoms with Gasteiger partial charge in [-0.3, -0.25) is 0 Å². The van der Waals surface area contributed by atoms with Crippen LogP contribution < -0.4 is 9.47 Å². The number of pyridine rings is 1. The second kappa shape index (κ2) is 6.20. The lowest BCUT2D eigenvalue weighted by Gasteiger charge is -2.11. The van der Waals surface area contributed by atoms with Crippen LogP contribution in [0, 0.1) is 5.82 Å². The summed E-state index contributed by atoms with van der Waals surface area (Å²) in [6, 6.07) is 14.1. The van der Waals surface area contributed by atoms with Crippen molar-refractivity contribution >= 4 is 22.5 Å². The molecule has 0 aliphatic rings. The molecule has 2 aromatic carbocycles. The molecule has 1 heterocycles. The van der Waals surface area contributed by atoms with Gasteiger partial charge in [0.2, 0.25) is 0 Å². The number of benzene rings is 2. The Bertz CT molecular complexity index is 809. The van der Waals surface area contributed by atoms with Gasteiger partial charge in [0.25, 0.3) is 0 Å². The molecule has 0 saturated carbocycles. The van der Waals surface area contributed by atoms with E-state index in [4.69, 9.17) is 21.1 Å². The lowest BCUT2D eigenvalue weighted by molar-refractivity contribution is 0.309. The second-order valence-electron chi connectivity index (χ2n) is 4.72. The summed E-state index contributed by atoms with van der Waals surface area (Å²) in [5.41, 5.74) is 1.38. The first-order chi connectivity index (χ1) is 10.7. The summed E-state index contributed by atoms with van der Waals surface area (Å²) in [5.74, 6) is 0.286. The summed E-state index contributed by atoms with van der Waals surface area (Å²) >= 11 is 6.00. The summed E-state index contributed by atoms with van der Waals surface area (Å²) in [6.07, 6.45) is 0. The molecule has 0 fully saturated rings. The fraction of sp³-hybridized carbons (Fsp3) is 0.118. The molecule has 0 N–H and O–H groups in total. The van der Waals surface area contributed by atoms with E-state index in [0.29, 0.717) is 29.0 Å². The van der Waals surface area contributed by atoms with E-state index in [1.807, 2.05) is 30.3 Å². The van der Waals surface area contributed by atoms with E-state index in [0.717, 1.165) is 5.56 Å². The number of aromatic nitrogens is 1. The molecule has 0 bridgehead atoms. The topological polar surface area (TPSA) is 31.4 Å². The molecule has 22 heavy (non-hydrogen) atoms. The zero-order valence-electron chi connectivity index (χ0n) is 11.8. The minimum absolute atomic E-state index is 0.239. The van der Waals surface area contributed by atoms with Gasteiger partial charge in [-0.05, 0) is 5.56 Å². The van der Waals surface area contributed by atoms with Crippen LogP contribution in [0.4, 0.5) is 4.39 Å². The van der Waals surface area contributed by atoms with Gasteiger partial charge in [0.1, 0.15) is 29.1 Å². The minimum Gasteiger partial charge on any atom is -0.497 e. The molecule has 3 rings (SSSR count). The Balaban J connectivity index is 2.01. The monoisotopic (exact) mass is 317 g/mol. The van der Waals surface area contributed by atoms with Crippen molar-refractivity contribution < 1.29 is 13.9 Å². The first-order valence-corrected chi connectivity index (χ1v) is 7.05. The number of hydrogen-bond acceptors (Lipinski definition) is 3. The normalized spacial score (nSPS) is 10.7. The van der Waals surface area contributed by atoms with E-state index in [1.54, 1.807) is 6.07 Å². The van der Waals surface area contributed by atoms with Gasteiger partial charge in [-0.2, -0.15) is 0 Å². The van der Waals surface area contributed by atoms with Crippen LogP contribution in [0.5, 0.6) is 11.5 Å². The molecular formula is C17H13ClFNO2. The van der Waals surface area contributed by atoms with Crippen molar-refractivity contribution in [3.05, 3.63) is 65.1 Å². The molecule has 3 nitrogen and oxygen atoms in total. The highest BCUT2D eigenvalue weighted by Gasteiger charge is 2.13. The number of halogens is 2. The summed E-state index contributed by atoms with van der Waals surface area (Å²) in [4.78, 5) is 4.13. The van der Waals surface area contributed by atoms with Crippen LogP contribution in [0.25, 0.3) is 10.9 Å². The third kappa shape index (κ3) is 2.97. The maximum Gasteiger partial charge on any atom is 0.140 e. The van der Waals surface area contributed by atoms with Crippen molar-refractivity contribution in [3.8, 4) is 11.5 Å². The van der Waals surface area contributed by atoms with Crippen molar-refractivity contribution in [3.63, 3.8) is 0 Å². The Morgan fingerprint density at radius 2 is 1.91 bits per heavy atom. The Morgan fingerprint density at radius 3 is 2.64 bits per heavy atom. The summed E-state index contributed by atoms with van der Waals surface area (Å²) in [7, 11) is 1.47. The van der Waals surface area contributed by atoms with E-state index < -0.39 is 5.82 Å². The SMILES string of the molecule is COc1cc(F)c2c(OCc3ccccc3)cc(Cl)nc2c1.